The molecule has 2 rings (SSSR count). The molecule has 0 unspecified atom stereocenters. The highest BCUT2D eigenvalue weighted by Gasteiger charge is 2.26. The van der Waals surface area contributed by atoms with E-state index >= 15 is 0 Å². The first-order valence-corrected chi connectivity index (χ1v) is 9.07. The Morgan fingerprint density at radius 3 is 2.38 bits per heavy atom. The summed E-state index contributed by atoms with van der Waals surface area (Å²) in [6.07, 6.45) is -0.0410. The molecule has 0 fully saturated rings. The van der Waals surface area contributed by atoms with Crippen molar-refractivity contribution in [1.82, 2.24) is 0 Å². The van der Waals surface area contributed by atoms with Crippen LogP contribution in [0.5, 0.6) is 0 Å². The summed E-state index contributed by atoms with van der Waals surface area (Å²) in [5.74, 6) is -0.543. The number of hydrogen-bond donors (Lipinski definition) is 1. The van der Waals surface area contributed by atoms with Gasteiger partial charge in [-0.15, -0.1) is 11.3 Å². The highest BCUT2D eigenvalue weighted by atomic mass is 79.9. The van der Waals surface area contributed by atoms with Crippen molar-refractivity contribution >= 4 is 48.9 Å². The Kier molecular flexibility index (Phi) is 5.02. The number of amides is 1. The zero-order valence-electron chi connectivity index (χ0n) is 10.9. The van der Waals surface area contributed by atoms with E-state index < -0.39 is 15.9 Å². The number of anilines is 1. The first-order valence-electron chi connectivity index (χ1n) is 6.02. The molecule has 8 heteroatoms. The van der Waals surface area contributed by atoms with Crippen molar-refractivity contribution in [2.45, 2.75) is 10.6 Å². The topological polar surface area (TPSA) is 80.5 Å². The van der Waals surface area contributed by atoms with Gasteiger partial charge in [-0.25, -0.2) is 8.42 Å². The average Bonchev–Trinajstić information content (AvgIpc) is 2.87. The molecule has 0 atom stereocenters. The minimum absolute atomic E-state index is 0.0111. The average molecular weight is 389 g/mol. The Balaban J connectivity index is 2.41. The van der Waals surface area contributed by atoms with E-state index in [-0.39, 0.29) is 17.2 Å². The van der Waals surface area contributed by atoms with E-state index in [0.29, 0.717) is 5.69 Å². The molecule has 2 N–H and O–H groups in total. The number of rotatable bonds is 6. The first kappa shape index (κ1) is 16.0. The molecule has 0 aliphatic rings. The summed E-state index contributed by atoms with van der Waals surface area (Å²) in [6.45, 7) is 0.0111. The molecule has 1 amide bonds. The van der Waals surface area contributed by atoms with E-state index in [2.05, 4.69) is 15.9 Å². The fourth-order valence-corrected chi connectivity index (χ4v) is 5.33. The van der Waals surface area contributed by atoms with Crippen molar-refractivity contribution < 1.29 is 13.2 Å². The third kappa shape index (κ3) is 3.84. The number of thiophene rings is 1. The van der Waals surface area contributed by atoms with Crippen molar-refractivity contribution in [2.75, 3.05) is 10.8 Å². The van der Waals surface area contributed by atoms with E-state index in [4.69, 9.17) is 5.73 Å². The van der Waals surface area contributed by atoms with Crippen LogP contribution in [0, 0.1) is 0 Å². The van der Waals surface area contributed by atoms with Crippen LogP contribution in [-0.4, -0.2) is 20.9 Å². The maximum absolute atomic E-state index is 12.7. The summed E-state index contributed by atoms with van der Waals surface area (Å²) in [5.41, 5.74) is 5.64. The lowest BCUT2D eigenvalue weighted by Gasteiger charge is -2.23. The van der Waals surface area contributed by atoms with E-state index in [1.807, 2.05) is 0 Å². The van der Waals surface area contributed by atoms with E-state index in [0.717, 1.165) is 15.1 Å². The molecular weight excluding hydrogens is 376 g/mol. The molecule has 2 aromatic rings. The van der Waals surface area contributed by atoms with Crippen LogP contribution in [0.25, 0.3) is 0 Å². The lowest BCUT2D eigenvalue weighted by Crippen LogP contribution is -2.33. The number of benzene rings is 1. The second-order valence-electron chi connectivity index (χ2n) is 4.19. The van der Waals surface area contributed by atoms with Gasteiger partial charge in [0.1, 0.15) is 4.21 Å². The molecule has 0 aliphatic carbocycles. The number of hydrogen-bond acceptors (Lipinski definition) is 4. The number of primary amides is 1. The lowest BCUT2D eigenvalue weighted by atomic mass is 10.3. The van der Waals surface area contributed by atoms with Gasteiger partial charge in [0.25, 0.3) is 10.0 Å². The summed E-state index contributed by atoms with van der Waals surface area (Å²) in [5, 5.41) is 0. The normalized spacial score (nSPS) is 11.3. The van der Waals surface area contributed by atoms with Gasteiger partial charge < -0.3 is 5.73 Å². The van der Waals surface area contributed by atoms with Gasteiger partial charge in [0.05, 0.1) is 9.47 Å². The predicted molar refractivity (Wildman–Crippen MR) is 86.8 cm³/mol. The van der Waals surface area contributed by atoms with Crippen molar-refractivity contribution in [2.24, 2.45) is 5.73 Å². The number of sulfonamides is 1. The Morgan fingerprint density at radius 1 is 1.19 bits per heavy atom. The standard InChI is InChI=1S/C13H13BrN2O3S2/c14-11-6-7-13(20-11)21(18,19)16(9-8-12(15)17)10-4-2-1-3-5-10/h1-7H,8-9H2,(H2,15,17). The molecule has 0 saturated heterocycles. The van der Waals surface area contributed by atoms with Crippen LogP contribution in [0.1, 0.15) is 6.42 Å². The van der Waals surface area contributed by atoms with Crippen LogP contribution < -0.4 is 10.0 Å². The van der Waals surface area contributed by atoms with Gasteiger partial charge in [-0.3, -0.25) is 9.10 Å². The van der Waals surface area contributed by atoms with Crippen LogP contribution in [0.3, 0.4) is 0 Å². The van der Waals surface area contributed by atoms with Gasteiger partial charge in [0, 0.05) is 13.0 Å². The quantitative estimate of drug-likeness (QED) is 0.825. The lowest BCUT2D eigenvalue weighted by molar-refractivity contribution is -0.117. The monoisotopic (exact) mass is 388 g/mol. The largest absolute Gasteiger partial charge is 0.370 e. The second kappa shape index (κ2) is 6.59. The number of nitrogens with zero attached hydrogens (tertiary/aromatic N) is 1. The SMILES string of the molecule is NC(=O)CCN(c1ccccc1)S(=O)(=O)c1ccc(Br)s1. The number of carbonyl (C=O) groups is 1. The first-order chi connectivity index (χ1) is 9.91. The third-order valence-electron chi connectivity index (χ3n) is 2.70. The molecule has 112 valence electrons. The van der Waals surface area contributed by atoms with Crippen LogP contribution in [0.2, 0.25) is 0 Å². The summed E-state index contributed by atoms with van der Waals surface area (Å²) < 4.78 is 27.6. The van der Waals surface area contributed by atoms with Gasteiger partial charge >= 0.3 is 0 Å². The van der Waals surface area contributed by atoms with Gasteiger partial charge in [-0.05, 0) is 40.2 Å². The van der Waals surface area contributed by atoms with E-state index in [1.54, 1.807) is 36.4 Å². The van der Waals surface area contributed by atoms with Gasteiger partial charge in [0.2, 0.25) is 5.91 Å². The Labute approximate surface area is 135 Å². The molecular formula is C13H13BrN2O3S2. The van der Waals surface area contributed by atoms with Gasteiger partial charge in [-0.1, -0.05) is 18.2 Å². The van der Waals surface area contributed by atoms with Gasteiger partial charge in [0.15, 0.2) is 0 Å². The van der Waals surface area contributed by atoms with E-state index in [9.17, 15) is 13.2 Å². The van der Waals surface area contributed by atoms with Gasteiger partial charge in [-0.2, -0.15) is 0 Å². The molecule has 0 spiro atoms. The molecule has 1 heterocycles. The number of para-hydroxylation sites is 1. The molecule has 21 heavy (non-hydrogen) atoms. The Morgan fingerprint density at radius 2 is 1.86 bits per heavy atom. The number of carbonyl (C=O) groups excluding carboxylic acids is 1. The fourth-order valence-electron chi connectivity index (χ4n) is 1.74. The van der Waals surface area contributed by atoms with Crippen LogP contribution >= 0.6 is 27.3 Å². The molecule has 0 saturated carbocycles. The summed E-state index contributed by atoms with van der Waals surface area (Å²) in [4.78, 5) is 11.0. The van der Waals surface area contributed by atoms with Crippen LogP contribution in [0.4, 0.5) is 5.69 Å². The minimum atomic E-state index is -3.71. The minimum Gasteiger partial charge on any atom is -0.370 e. The van der Waals surface area contributed by atoms with Crippen molar-refractivity contribution in [3.8, 4) is 0 Å². The zero-order chi connectivity index (χ0) is 15.5. The van der Waals surface area contributed by atoms with Crippen molar-refractivity contribution in [3.63, 3.8) is 0 Å². The molecule has 0 bridgehead atoms. The maximum Gasteiger partial charge on any atom is 0.273 e. The van der Waals surface area contributed by atoms with Crippen LogP contribution in [0.15, 0.2) is 50.5 Å². The van der Waals surface area contributed by atoms with Crippen molar-refractivity contribution in [3.05, 3.63) is 46.3 Å². The number of halogens is 1. The fraction of sp³-hybridized carbons (Fsp3) is 0.154. The molecule has 0 radical (unpaired) electrons. The van der Waals surface area contributed by atoms with Crippen molar-refractivity contribution in [1.29, 1.82) is 0 Å². The maximum atomic E-state index is 12.7. The zero-order valence-corrected chi connectivity index (χ0v) is 14.1. The van der Waals surface area contributed by atoms with Crippen LogP contribution in [-0.2, 0) is 14.8 Å². The molecule has 1 aromatic heterocycles. The Bertz CT molecular complexity index is 729. The summed E-state index contributed by atoms with van der Waals surface area (Å²) in [7, 11) is -3.71. The third-order valence-corrected chi connectivity index (χ3v) is 6.62. The number of nitrogens with two attached hydrogens (primary N) is 1. The summed E-state index contributed by atoms with van der Waals surface area (Å²) >= 11 is 4.38. The molecule has 1 aromatic carbocycles. The smallest absolute Gasteiger partial charge is 0.273 e. The summed E-state index contributed by atoms with van der Waals surface area (Å²) in [6, 6.07) is 11.9. The highest BCUT2D eigenvalue weighted by molar-refractivity contribution is 9.11. The second-order valence-corrected chi connectivity index (χ2v) is 8.74. The molecule has 5 nitrogen and oxygen atoms in total. The predicted octanol–water partition coefficient (Wildman–Crippen LogP) is 2.58. The van der Waals surface area contributed by atoms with E-state index in [1.165, 1.54) is 10.4 Å². The highest BCUT2D eigenvalue weighted by Crippen LogP contribution is 2.31. The Hall–Kier alpha value is -1.38. The molecule has 0 aliphatic heterocycles.